The molecule has 1 atom stereocenters. The van der Waals surface area contributed by atoms with Crippen LogP contribution in [0.2, 0.25) is 0 Å². The van der Waals surface area contributed by atoms with Crippen molar-refractivity contribution < 1.29 is 145 Å². The molecule has 0 aliphatic carbocycles. The first-order chi connectivity index (χ1) is 37.2. The predicted octanol–water partition coefficient (Wildman–Crippen LogP) is 20.8. The van der Waals surface area contributed by atoms with E-state index in [-0.39, 0.29) is 62.8 Å². The molecule has 0 saturated heterocycles. The van der Waals surface area contributed by atoms with Gasteiger partial charge in [-0.1, -0.05) is 118 Å². The second kappa shape index (κ2) is 28.9. The van der Waals surface area contributed by atoms with Crippen LogP contribution < -0.4 is 4.90 Å². The molecule has 1 aromatic rings. The maximum absolute atomic E-state index is 16.5. The Morgan fingerprint density at radius 3 is 0.795 bits per heavy atom. The van der Waals surface area contributed by atoms with Crippen LogP contribution in [-0.4, -0.2) is 96.6 Å². The molecule has 0 radical (unpaired) electrons. The normalized spacial score (nSPS) is 15.2. The highest BCUT2D eigenvalue weighted by Crippen LogP contribution is 2.73. The van der Waals surface area contributed by atoms with Gasteiger partial charge in [-0.25, -0.2) is 43.9 Å². The summed E-state index contributed by atoms with van der Waals surface area (Å²) in [6.07, 6.45) is -39.9. The molecule has 34 heteroatoms. The molecule has 0 saturated carbocycles. The molecule has 0 aliphatic heterocycles. The van der Waals surface area contributed by atoms with E-state index in [1.807, 2.05) is 0 Å². The van der Waals surface area contributed by atoms with Crippen molar-refractivity contribution in [3.63, 3.8) is 0 Å². The molecule has 1 aromatic carbocycles. The van der Waals surface area contributed by atoms with Crippen molar-refractivity contribution in [1.29, 1.82) is 0 Å². The lowest BCUT2D eigenvalue weighted by atomic mass is 9.08. The van der Waals surface area contributed by atoms with Crippen LogP contribution in [0.15, 0.2) is 6.07 Å². The zero-order valence-corrected chi connectivity index (χ0v) is 45.5. The fourth-order valence-corrected chi connectivity index (χ4v) is 9.06. The molecule has 494 valence electrons. The summed E-state index contributed by atoms with van der Waals surface area (Å²) in [7, 11) is 1.26. The third kappa shape index (κ3) is 15.1. The molecular weight excluding hydrogens is 1220 g/mol. The highest BCUT2D eigenvalue weighted by Gasteiger charge is 3.03. The predicted molar refractivity (Wildman–Crippen MR) is 243 cm³/mol. The lowest BCUT2D eigenvalue weighted by molar-refractivity contribution is -0.811. The summed E-state index contributed by atoms with van der Waals surface area (Å²) in [4.78, 5) is 0.0671. The molecule has 0 spiro atoms. The number of hydrogen-bond donors (Lipinski definition) is 1. The van der Waals surface area contributed by atoms with E-state index < -0.39 is 195 Å². The summed E-state index contributed by atoms with van der Waals surface area (Å²) in [5, 5.41) is 0. The van der Waals surface area contributed by atoms with Gasteiger partial charge >= 0.3 is 65.6 Å². The smallest absolute Gasteiger partial charge is 0.302 e. The van der Waals surface area contributed by atoms with Crippen LogP contribution >= 0.6 is 0 Å². The van der Waals surface area contributed by atoms with E-state index in [0.717, 1.165) is 0 Å². The Balaban J connectivity index is 0.00000253. The summed E-state index contributed by atoms with van der Waals surface area (Å²) >= 11 is 0. The van der Waals surface area contributed by atoms with Crippen LogP contribution in [0.25, 0.3) is 0 Å². The van der Waals surface area contributed by atoms with Gasteiger partial charge in [0.25, 0.3) is 0 Å². The number of unbranched alkanes of at least 4 members (excludes halogenated alkanes) is 13. The van der Waals surface area contributed by atoms with E-state index in [1.54, 1.807) is 6.92 Å². The number of halogens is 32. The number of benzene rings is 1. The quantitative estimate of drug-likeness (QED) is 0.0293. The van der Waals surface area contributed by atoms with Crippen LogP contribution in [0.1, 0.15) is 181 Å². The molecule has 0 amide bonds. The topological polar surface area (TPSA) is 4.44 Å². The van der Waals surface area contributed by atoms with Crippen LogP contribution in [0, 0.1) is 17.5 Å². The van der Waals surface area contributed by atoms with Crippen molar-refractivity contribution in [3.8, 4) is 0 Å². The fraction of sp³-hybridized carbons (Fsp3) is 0.878. The molecule has 0 fully saturated rings. The molecule has 1 nitrogen and oxygen atoms in total. The third-order valence-corrected chi connectivity index (χ3v) is 14.3. The van der Waals surface area contributed by atoms with E-state index in [2.05, 4.69) is 0 Å². The van der Waals surface area contributed by atoms with Crippen molar-refractivity contribution in [2.45, 2.75) is 259 Å². The van der Waals surface area contributed by atoms with Crippen molar-refractivity contribution in [3.05, 3.63) is 29.1 Å². The Morgan fingerprint density at radius 1 is 0.337 bits per heavy atom. The summed E-state index contributed by atoms with van der Waals surface area (Å²) in [6, 6.07) is 0.297. The van der Waals surface area contributed by atoms with Crippen molar-refractivity contribution in [2.24, 2.45) is 0 Å². The zero-order valence-electron chi connectivity index (χ0n) is 45.5. The monoisotopic (exact) mass is 1290 g/mol. The maximum atomic E-state index is 16.5. The lowest BCUT2D eigenvalue weighted by Gasteiger charge is -2.63. The first-order valence-corrected chi connectivity index (χ1v) is 26.3. The second-order valence-electron chi connectivity index (χ2n) is 20.6. The van der Waals surface area contributed by atoms with Crippen molar-refractivity contribution >= 4 is 11.8 Å². The first-order valence-electron chi connectivity index (χ1n) is 26.3. The van der Waals surface area contributed by atoms with Gasteiger partial charge in [-0.15, -0.1) is 0 Å². The molecule has 0 heterocycles. The molecule has 1 rings (SSSR count). The minimum absolute atomic E-state index is 0.0414. The van der Waals surface area contributed by atoms with Gasteiger partial charge in [-0.2, -0.15) is 96.6 Å². The van der Waals surface area contributed by atoms with Gasteiger partial charge in [0.2, 0.25) is 23.3 Å². The molecular formula is C49H66BF32N. The number of hydrogen-bond acceptors (Lipinski definition) is 0. The molecule has 0 bridgehead atoms. The highest BCUT2D eigenvalue weighted by atomic mass is 19.4. The average Bonchev–Trinajstić information content (AvgIpc) is 3.34. The summed E-state index contributed by atoms with van der Waals surface area (Å²) in [5.74, 6) is -116. The third-order valence-electron chi connectivity index (χ3n) is 14.3. The van der Waals surface area contributed by atoms with Gasteiger partial charge in [0.05, 0.1) is 13.6 Å². The average molecular weight is 1290 g/mol. The minimum Gasteiger partial charge on any atom is -0.302 e. The van der Waals surface area contributed by atoms with Crippen molar-refractivity contribution in [1.82, 2.24) is 0 Å². The second-order valence-corrected chi connectivity index (χ2v) is 20.6. The Hall–Kier alpha value is -3.00. The Bertz CT molecular complexity index is 1920. The van der Waals surface area contributed by atoms with E-state index >= 15 is 105 Å². The number of quaternary nitrogens is 1. The van der Waals surface area contributed by atoms with Gasteiger partial charge in [-0.05, 0) is 32.1 Å². The Labute approximate surface area is 458 Å². The fourth-order valence-electron chi connectivity index (χ4n) is 9.06. The Kier molecular flexibility index (Phi) is 27.8. The summed E-state index contributed by atoms with van der Waals surface area (Å²) in [6.45, 7) is 7.01. The number of alkyl halides is 29. The van der Waals surface area contributed by atoms with Gasteiger partial charge in [0.15, 0.2) is 23.1 Å². The summed E-state index contributed by atoms with van der Waals surface area (Å²) < 4.78 is 483. The van der Waals surface area contributed by atoms with E-state index in [4.69, 9.17) is 0 Å². The van der Waals surface area contributed by atoms with E-state index in [9.17, 15) is 35.1 Å². The molecule has 83 heavy (non-hydrogen) atoms. The molecule has 1 N–H and O–H groups in total. The number of nitrogens with one attached hydrogen (secondary N) is 1. The lowest BCUT2D eigenvalue weighted by Crippen LogP contribution is -3.04. The van der Waals surface area contributed by atoms with E-state index in [0.29, 0.717) is 18.9 Å². The van der Waals surface area contributed by atoms with Gasteiger partial charge in [0.1, 0.15) is 5.56 Å². The maximum Gasteiger partial charge on any atom is 0.458 e. The molecule has 0 aliphatic rings. The Morgan fingerprint density at radius 2 is 0.578 bits per heavy atom. The minimum atomic E-state index is -11.7. The van der Waals surface area contributed by atoms with Gasteiger partial charge in [0, 0.05) is 31.7 Å². The van der Waals surface area contributed by atoms with Gasteiger partial charge in [-0.3, -0.25) is 0 Å². The molecule has 0 aromatic heterocycles. The zero-order chi connectivity index (χ0) is 65.9. The molecule has 1 unspecified atom stereocenters. The van der Waals surface area contributed by atoms with E-state index in [1.165, 1.54) is 34.7 Å². The highest BCUT2D eigenvalue weighted by molar-refractivity contribution is 6.89. The largest absolute Gasteiger partial charge is 0.458 e. The number of rotatable bonds is 37. The van der Waals surface area contributed by atoms with Gasteiger partial charge < -0.3 is 4.90 Å². The summed E-state index contributed by atoms with van der Waals surface area (Å²) in [5.41, 5.74) is -3.38. The van der Waals surface area contributed by atoms with Crippen LogP contribution in [0.3, 0.4) is 0 Å². The standard InChI is InChI=1S/C36H52BF24.C13H13F8N/c1-5-9-13-17-21-25(38,39)29(46,47)33(54,55)37(34(56,57)30(48,49)26(40,41)22-18-14-10-6-2,35(58,59)31(50,51)27(42,43)23-19-15-11-7-3)36(60,61)32(52,53)28(44,45)24-20-16-12-8-4;1-3-4-5-22(2)8-6-7(14)10(15)9(11(8)16)12(17,18)13(19,20)21/h5-24H2,1-4H3;6H,3-5H2,1-2H3/q-1;/p+1. The van der Waals surface area contributed by atoms with Crippen LogP contribution in [0.4, 0.5) is 146 Å². The van der Waals surface area contributed by atoms with Crippen LogP contribution in [-0.2, 0) is 5.92 Å². The SMILES string of the molecule is CCCCCCC(F)(F)C(F)(F)C(F)(F)[B-](C(F)(F)C(F)(F)C(F)(F)CCCCCC)(C(F)(F)C(F)(F)C(F)(F)CCCCCC)C(F)(F)C(F)(F)C(F)(F)CCCCCC.CCCC[NH+](C)c1cc(F)c(F)c(C(F)(F)C(F)(F)F)c1F. The van der Waals surface area contributed by atoms with Crippen molar-refractivity contribution in [2.75, 3.05) is 13.6 Å². The van der Waals surface area contributed by atoms with Crippen LogP contribution in [0.5, 0.6) is 0 Å². The first kappa shape index (κ1) is 80.0.